The Kier molecular flexibility index (Phi) is 5.42. The van der Waals surface area contributed by atoms with Gasteiger partial charge in [-0.3, -0.25) is 4.79 Å². The smallest absolute Gasteiger partial charge is 0.317 e. The molecule has 0 atom stereocenters. The van der Waals surface area contributed by atoms with E-state index in [-0.39, 0.29) is 18.5 Å². The lowest BCUT2D eigenvalue weighted by Gasteiger charge is -2.36. The molecule has 2 heterocycles. The number of aryl methyl sites for hydroxylation is 2. The Morgan fingerprint density at radius 2 is 1.80 bits per heavy atom. The Hall–Kier alpha value is -1.89. The van der Waals surface area contributed by atoms with E-state index in [0.717, 1.165) is 31.8 Å². The molecule has 0 spiro atoms. The number of piperidine rings is 1. The minimum absolute atomic E-state index is 0.0311. The molecular weight excluding hydrogens is 318 g/mol. The zero-order chi connectivity index (χ0) is 18.0. The zero-order valence-corrected chi connectivity index (χ0v) is 15.5. The summed E-state index contributed by atoms with van der Waals surface area (Å²) >= 11 is 0. The van der Waals surface area contributed by atoms with Crippen molar-refractivity contribution in [2.45, 2.75) is 45.6 Å². The van der Waals surface area contributed by atoms with Crippen LogP contribution in [0.4, 0.5) is 5.69 Å². The fourth-order valence-electron chi connectivity index (χ4n) is 3.35. The first-order valence-electron chi connectivity index (χ1n) is 9.15. The fourth-order valence-corrected chi connectivity index (χ4v) is 3.35. The normalized spacial score (nSPS) is 19.0. The highest BCUT2D eigenvalue weighted by Gasteiger charge is 2.29. The molecular formula is C18H29N5O2. The molecule has 0 unspecified atom stereocenters. The van der Waals surface area contributed by atoms with Gasteiger partial charge in [-0.05, 0) is 45.4 Å². The molecule has 0 radical (unpaired) electrons. The first kappa shape index (κ1) is 17.9. The van der Waals surface area contributed by atoms with Crippen molar-refractivity contribution in [3.05, 3.63) is 11.4 Å². The lowest BCUT2D eigenvalue weighted by atomic mass is 10.0. The molecule has 3 rings (SSSR count). The highest BCUT2D eigenvalue weighted by molar-refractivity contribution is 5.77. The van der Waals surface area contributed by atoms with Crippen LogP contribution in [0.15, 0.2) is 0 Å². The van der Waals surface area contributed by atoms with Crippen LogP contribution < -0.4 is 10.5 Å². The summed E-state index contributed by atoms with van der Waals surface area (Å²) in [6.45, 7) is 6.97. The number of likely N-dealkylation sites (tertiary alicyclic amines) is 1. The van der Waals surface area contributed by atoms with E-state index in [1.807, 2.05) is 11.9 Å². The second-order valence-electron chi connectivity index (χ2n) is 7.36. The quantitative estimate of drug-likeness (QED) is 0.837. The fraction of sp³-hybridized carbons (Fsp3) is 0.722. The third kappa shape index (κ3) is 4.60. The zero-order valence-electron chi connectivity index (χ0n) is 15.5. The van der Waals surface area contributed by atoms with Gasteiger partial charge in [-0.2, -0.15) is 9.97 Å². The van der Waals surface area contributed by atoms with E-state index in [9.17, 15) is 4.79 Å². The summed E-state index contributed by atoms with van der Waals surface area (Å²) in [4.78, 5) is 25.2. The van der Waals surface area contributed by atoms with Crippen molar-refractivity contribution in [1.29, 1.82) is 0 Å². The van der Waals surface area contributed by atoms with Gasteiger partial charge in [0.05, 0.1) is 17.1 Å². The molecule has 1 aromatic rings. The number of nitrogen functional groups attached to an aromatic ring is 1. The average molecular weight is 347 g/mol. The molecule has 7 heteroatoms. The number of anilines is 1. The second kappa shape index (κ2) is 7.56. The van der Waals surface area contributed by atoms with E-state index in [0.29, 0.717) is 23.1 Å². The van der Waals surface area contributed by atoms with Crippen LogP contribution in [0.2, 0.25) is 0 Å². The first-order chi connectivity index (χ1) is 11.9. The number of nitrogens with two attached hydrogens (primary N) is 1. The van der Waals surface area contributed by atoms with Crippen molar-refractivity contribution in [2.24, 2.45) is 5.92 Å². The van der Waals surface area contributed by atoms with Gasteiger partial charge in [-0.1, -0.05) is 0 Å². The largest absolute Gasteiger partial charge is 0.453 e. The van der Waals surface area contributed by atoms with Gasteiger partial charge in [0.25, 0.3) is 5.91 Å². The van der Waals surface area contributed by atoms with Gasteiger partial charge in [0.2, 0.25) is 0 Å². The van der Waals surface area contributed by atoms with E-state index >= 15 is 0 Å². The van der Waals surface area contributed by atoms with E-state index in [1.54, 1.807) is 13.8 Å². The molecule has 2 fully saturated rings. The summed E-state index contributed by atoms with van der Waals surface area (Å²) in [5.41, 5.74) is 7.75. The highest BCUT2D eigenvalue weighted by Crippen LogP contribution is 2.30. The molecule has 25 heavy (non-hydrogen) atoms. The standard InChI is InChI=1S/C18H29N5O2/c1-12-17(19)13(2)21-18(20-12)25-11-16(24)22(3)15-6-8-23(9-7-15)10-14-4-5-14/h14-15H,4-11,19H2,1-3H3. The lowest BCUT2D eigenvalue weighted by Crippen LogP contribution is -2.47. The Morgan fingerprint density at radius 1 is 1.20 bits per heavy atom. The van der Waals surface area contributed by atoms with Crippen LogP contribution in [-0.4, -0.2) is 65.0 Å². The van der Waals surface area contributed by atoms with Crippen molar-refractivity contribution < 1.29 is 9.53 Å². The molecule has 2 N–H and O–H groups in total. The van der Waals surface area contributed by atoms with Crippen LogP contribution in [0.3, 0.4) is 0 Å². The molecule has 1 amide bonds. The highest BCUT2D eigenvalue weighted by atomic mass is 16.5. The summed E-state index contributed by atoms with van der Waals surface area (Å²) in [7, 11) is 1.87. The van der Waals surface area contributed by atoms with Gasteiger partial charge in [-0.25, -0.2) is 0 Å². The minimum atomic E-state index is -0.0401. The molecule has 7 nitrogen and oxygen atoms in total. The molecule has 1 aliphatic heterocycles. The number of nitrogens with zero attached hydrogens (tertiary/aromatic N) is 4. The number of aromatic nitrogens is 2. The predicted octanol–water partition coefficient (Wildman–Crippen LogP) is 1.39. The van der Waals surface area contributed by atoms with Crippen molar-refractivity contribution in [3.63, 3.8) is 0 Å². The van der Waals surface area contributed by atoms with Crippen LogP contribution in [-0.2, 0) is 4.79 Å². The number of ether oxygens (including phenoxy) is 1. The van der Waals surface area contributed by atoms with Crippen LogP contribution in [0, 0.1) is 19.8 Å². The van der Waals surface area contributed by atoms with Crippen molar-refractivity contribution in [1.82, 2.24) is 19.8 Å². The van der Waals surface area contributed by atoms with Gasteiger partial charge in [-0.15, -0.1) is 0 Å². The number of carbonyl (C=O) groups excluding carboxylic acids is 1. The number of rotatable bonds is 6. The van der Waals surface area contributed by atoms with Gasteiger partial charge < -0.3 is 20.3 Å². The van der Waals surface area contributed by atoms with Crippen molar-refractivity contribution in [3.8, 4) is 6.01 Å². The van der Waals surface area contributed by atoms with Gasteiger partial charge in [0.1, 0.15) is 0 Å². The summed E-state index contributed by atoms with van der Waals surface area (Å²) in [5, 5.41) is 0. The molecule has 0 aromatic carbocycles. The number of likely N-dealkylation sites (N-methyl/N-ethyl adjacent to an activating group) is 1. The number of carbonyl (C=O) groups is 1. The predicted molar refractivity (Wildman–Crippen MR) is 96.4 cm³/mol. The Labute approximate surface area is 149 Å². The maximum Gasteiger partial charge on any atom is 0.317 e. The van der Waals surface area contributed by atoms with Crippen molar-refractivity contribution in [2.75, 3.05) is 39.0 Å². The van der Waals surface area contributed by atoms with Crippen LogP contribution in [0.25, 0.3) is 0 Å². The minimum Gasteiger partial charge on any atom is -0.453 e. The second-order valence-corrected chi connectivity index (χ2v) is 7.36. The Balaban J connectivity index is 1.46. The van der Waals surface area contributed by atoms with E-state index in [1.165, 1.54) is 19.4 Å². The van der Waals surface area contributed by atoms with E-state index in [4.69, 9.17) is 10.5 Å². The molecule has 1 aliphatic carbocycles. The van der Waals surface area contributed by atoms with Gasteiger partial charge in [0, 0.05) is 32.7 Å². The van der Waals surface area contributed by atoms with E-state index in [2.05, 4.69) is 14.9 Å². The monoisotopic (exact) mass is 347 g/mol. The summed E-state index contributed by atoms with van der Waals surface area (Å²) in [6, 6.07) is 0.507. The third-order valence-corrected chi connectivity index (χ3v) is 5.34. The number of hydrogen-bond donors (Lipinski definition) is 1. The topological polar surface area (TPSA) is 84.6 Å². The number of hydrogen-bond acceptors (Lipinski definition) is 6. The molecule has 1 saturated carbocycles. The van der Waals surface area contributed by atoms with Crippen LogP contribution in [0.1, 0.15) is 37.1 Å². The lowest BCUT2D eigenvalue weighted by molar-refractivity contribution is -0.135. The maximum atomic E-state index is 12.4. The molecule has 1 aromatic heterocycles. The molecule has 1 saturated heterocycles. The Morgan fingerprint density at radius 3 is 2.36 bits per heavy atom. The van der Waals surface area contributed by atoms with E-state index < -0.39 is 0 Å². The molecule has 0 bridgehead atoms. The van der Waals surface area contributed by atoms with Crippen LogP contribution >= 0.6 is 0 Å². The average Bonchev–Trinajstić information content (AvgIpc) is 3.41. The Bertz CT molecular complexity index is 601. The SMILES string of the molecule is Cc1nc(OCC(=O)N(C)C2CCN(CC3CC3)CC2)nc(C)c1N. The van der Waals surface area contributed by atoms with Crippen LogP contribution in [0.5, 0.6) is 6.01 Å². The van der Waals surface area contributed by atoms with Crippen molar-refractivity contribution >= 4 is 11.6 Å². The number of amides is 1. The first-order valence-corrected chi connectivity index (χ1v) is 9.15. The third-order valence-electron chi connectivity index (χ3n) is 5.34. The summed E-state index contributed by atoms with van der Waals surface area (Å²) < 4.78 is 5.50. The molecule has 138 valence electrons. The summed E-state index contributed by atoms with van der Waals surface area (Å²) in [6.07, 6.45) is 4.85. The molecule has 2 aliphatic rings. The van der Waals surface area contributed by atoms with Gasteiger partial charge >= 0.3 is 6.01 Å². The summed E-state index contributed by atoms with van der Waals surface area (Å²) in [5.74, 6) is 0.896. The maximum absolute atomic E-state index is 12.4. The van der Waals surface area contributed by atoms with Gasteiger partial charge in [0.15, 0.2) is 6.61 Å².